The minimum Gasteiger partial charge on any atom is -0.313 e. The Hall–Kier alpha value is -3.42. The van der Waals surface area contributed by atoms with E-state index < -0.39 is 0 Å². The molecular weight excluding hydrogens is 410 g/mol. The highest BCUT2D eigenvalue weighted by molar-refractivity contribution is 6.00. The molecule has 34 heavy (non-hydrogen) atoms. The van der Waals surface area contributed by atoms with Gasteiger partial charge in [-0.25, -0.2) is 0 Å². The first-order chi connectivity index (χ1) is 16.4. The van der Waals surface area contributed by atoms with Gasteiger partial charge in [0.05, 0.1) is 0 Å². The zero-order valence-corrected chi connectivity index (χ0v) is 20.8. The van der Waals surface area contributed by atoms with Crippen LogP contribution in [0.2, 0.25) is 0 Å². The lowest BCUT2D eigenvalue weighted by atomic mass is 9.90. The zero-order valence-electron chi connectivity index (χ0n) is 20.8. The van der Waals surface area contributed by atoms with Crippen molar-refractivity contribution in [1.82, 2.24) is 5.32 Å². The topological polar surface area (TPSA) is 12.0 Å². The normalized spacial score (nSPS) is 12.5. The molecule has 1 N–H and O–H groups in total. The van der Waals surface area contributed by atoms with E-state index >= 15 is 0 Å². The lowest BCUT2D eigenvalue weighted by molar-refractivity contribution is 0.652. The van der Waals surface area contributed by atoms with Gasteiger partial charge in [0.1, 0.15) is 0 Å². The van der Waals surface area contributed by atoms with Gasteiger partial charge in [0.2, 0.25) is 0 Å². The van der Waals surface area contributed by atoms with Crippen molar-refractivity contribution in [3.8, 4) is 22.3 Å². The second-order valence-electron chi connectivity index (χ2n) is 9.81. The number of fused-ring (bicyclic) bond motifs is 2. The second kappa shape index (κ2) is 9.08. The van der Waals surface area contributed by atoms with Crippen molar-refractivity contribution in [1.29, 1.82) is 0 Å². The van der Waals surface area contributed by atoms with Gasteiger partial charge in [-0.15, -0.1) is 0 Å². The Morgan fingerprint density at radius 1 is 0.588 bits per heavy atom. The molecule has 0 aliphatic carbocycles. The Labute approximate surface area is 203 Å². The Bertz CT molecular complexity index is 1490. The van der Waals surface area contributed by atoms with Crippen LogP contribution in [0, 0.1) is 6.92 Å². The van der Waals surface area contributed by atoms with Crippen LogP contribution in [0.25, 0.3) is 43.8 Å². The van der Waals surface area contributed by atoms with Crippen LogP contribution in [0.15, 0.2) is 91.0 Å². The maximum atomic E-state index is 3.35. The summed E-state index contributed by atoms with van der Waals surface area (Å²) in [6, 6.07) is 34.3. The fourth-order valence-corrected chi connectivity index (χ4v) is 4.96. The summed E-state index contributed by atoms with van der Waals surface area (Å²) in [6.45, 7) is 8.97. The van der Waals surface area contributed by atoms with Crippen LogP contribution in [-0.2, 0) is 0 Å². The summed E-state index contributed by atoms with van der Waals surface area (Å²) >= 11 is 0. The number of benzene rings is 5. The Morgan fingerprint density at radius 2 is 1.38 bits per heavy atom. The maximum Gasteiger partial charge on any atom is 0.0289 e. The molecule has 5 aromatic rings. The minimum atomic E-state index is 0.328. The third-order valence-electron chi connectivity index (χ3n) is 7.17. The SMILES string of the molecule is CNC(C)c1cccc(-c2cc(C)c3ccc(-c4cc(C(C)C)cc5ccccc45)cc3c2)c1. The van der Waals surface area contributed by atoms with Gasteiger partial charge in [-0.3, -0.25) is 0 Å². The molecule has 0 saturated heterocycles. The van der Waals surface area contributed by atoms with Gasteiger partial charge in [0, 0.05) is 6.04 Å². The van der Waals surface area contributed by atoms with Crippen molar-refractivity contribution in [2.45, 2.75) is 39.7 Å². The lowest BCUT2D eigenvalue weighted by Crippen LogP contribution is -2.12. The summed E-state index contributed by atoms with van der Waals surface area (Å²) in [4.78, 5) is 0. The highest BCUT2D eigenvalue weighted by Crippen LogP contribution is 2.36. The van der Waals surface area contributed by atoms with E-state index in [0.717, 1.165) is 0 Å². The molecule has 0 amide bonds. The van der Waals surface area contributed by atoms with E-state index in [9.17, 15) is 0 Å². The Balaban J connectivity index is 1.68. The number of nitrogens with one attached hydrogen (secondary N) is 1. The largest absolute Gasteiger partial charge is 0.313 e. The van der Waals surface area contributed by atoms with Crippen LogP contribution >= 0.6 is 0 Å². The van der Waals surface area contributed by atoms with Crippen LogP contribution < -0.4 is 5.32 Å². The highest BCUT2D eigenvalue weighted by Gasteiger charge is 2.11. The average Bonchev–Trinajstić information content (AvgIpc) is 2.87. The van der Waals surface area contributed by atoms with Crippen molar-refractivity contribution < 1.29 is 0 Å². The fourth-order valence-electron chi connectivity index (χ4n) is 4.96. The molecule has 170 valence electrons. The van der Waals surface area contributed by atoms with Crippen LogP contribution in [-0.4, -0.2) is 7.05 Å². The standard InChI is InChI=1S/C33H33N/c1-21(2)28-17-26-9-6-7-12-32(26)33(20-28)27-13-14-31-22(3)15-29(19-30(31)18-27)25-11-8-10-24(16-25)23(4)34-5/h6-21,23,34H,1-5H3. The highest BCUT2D eigenvalue weighted by atomic mass is 14.8. The number of rotatable bonds is 5. The van der Waals surface area contributed by atoms with Crippen LogP contribution in [0.4, 0.5) is 0 Å². The molecule has 5 aromatic carbocycles. The first-order valence-electron chi connectivity index (χ1n) is 12.3. The van der Waals surface area contributed by atoms with Gasteiger partial charge in [-0.05, 0) is 106 Å². The predicted molar refractivity (Wildman–Crippen MR) is 149 cm³/mol. The molecule has 0 heterocycles. The van der Waals surface area contributed by atoms with Gasteiger partial charge in [0.15, 0.2) is 0 Å². The van der Waals surface area contributed by atoms with Crippen LogP contribution in [0.5, 0.6) is 0 Å². The molecule has 1 heteroatoms. The maximum absolute atomic E-state index is 3.35. The van der Waals surface area contributed by atoms with Gasteiger partial charge < -0.3 is 5.32 Å². The van der Waals surface area contributed by atoms with Gasteiger partial charge in [-0.2, -0.15) is 0 Å². The Kier molecular flexibility index (Phi) is 5.98. The number of aryl methyl sites for hydroxylation is 1. The van der Waals surface area contributed by atoms with E-state index in [1.165, 1.54) is 60.5 Å². The van der Waals surface area contributed by atoms with E-state index in [-0.39, 0.29) is 0 Å². The van der Waals surface area contributed by atoms with E-state index in [4.69, 9.17) is 0 Å². The summed E-state index contributed by atoms with van der Waals surface area (Å²) < 4.78 is 0. The molecule has 5 rings (SSSR count). The molecule has 0 bridgehead atoms. The third kappa shape index (κ3) is 4.13. The number of hydrogen-bond donors (Lipinski definition) is 1. The molecule has 1 atom stereocenters. The minimum absolute atomic E-state index is 0.328. The quantitative estimate of drug-likeness (QED) is 0.286. The second-order valence-corrected chi connectivity index (χ2v) is 9.81. The first kappa shape index (κ1) is 22.4. The first-order valence-corrected chi connectivity index (χ1v) is 12.3. The molecule has 1 nitrogen and oxygen atoms in total. The fraction of sp³-hybridized carbons (Fsp3) is 0.212. The van der Waals surface area contributed by atoms with Gasteiger partial charge in [0.25, 0.3) is 0 Å². The van der Waals surface area contributed by atoms with Crippen molar-refractivity contribution >= 4 is 21.5 Å². The monoisotopic (exact) mass is 443 g/mol. The van der Waals surface area contributed by atoms with E-state index in [2.05, 4.69) is 124 Å². The molecule has 0 saturated carbocycles. The van der Waals surface area contributed by atoms with Gasteiger partial charge >= 0.3 is 0 Å². The lowest BCUT2D eigenvalue weighted by Gasteiger charge is -2.15. The van der Waals surface area contributed by atoms with Crippen LogP contribution in [0.1, 0.15) is 49.4 Å². The summed E-state index contributed by atoms with van der Waals surface area (Å²) in [5.41, 5.74) is 9.14. The zero-order chi connectivity index (χ0) is 23.8. The molecule has 0 radical (unpaired) electrons. The molecule has 0 aliphatic heterocycles. The molecule has 1 unspecified atom stereocenters. The van der Waals surface area contributed by atoms with Crippen molar-refractivity contribution in [3.05, 3.63) is 108 Å². The van der Waals surface area contributed by atoms with Crippen molar-refractivity contribution in [2.24, 2.45) is 0 Å². The van der Waals surface area contributed by atoms with Crippen molar-refractivity contribution in [2.75, 3.05) is 7.05 Å². The summed E-state index contributed by atoms with van der Waals surface area (Å²) in [6.07, 6.45) is 0. The molecule has 0 aromatic heterocycles. The summed E-state index contributed by atoms with van der Waals surface area (Å²) in [5.74, 6) is 0.491. The summed E-state index contributed by atoms with van der Waals surface area (Å²) in [5, 5.41) is 8.58. The average molecular weight is 444 g/mol. The van der Waals surface area contributed by atoms with Crippen LogP contribution in [0.3, 0.4) is 0 Å². The van der Waals surface area contributed by atoms with E-state index in [0.29, 0.717) is 12.0 Å². The van der Waals surface area contributed by atoms with Crippen molar-refractivity contribution in [3.63, 3.8) is 0 Å². The smallest absolute Gasteiger partial charge is 0.0289 e. The van der Waals surface area contributed by atoms with E-state index in [1.54, 1.807) is 0 Å². The summed E-state index contributed by atoms with van der Waals surface area (Å²) in [7, 11) is 2.01. The predicted octanol–water partition coefficient (Wildman–Crippen LogP) is 9.04. The molecular formula is C33H33N. The third-order valence-corrected chi connectivity index (χ3v) is 7.17. The molecule has 0 aliphatic rings. The Morgan fingerprint density at radius 3 is 2.18 bits per heavy atom. The number of hydrogen-bond acceptors (Lipinski definition) is 1. The van der Waals surface area contributed by atoms with Gasteiger partial charge in [-0.1, -0.05) is 86.6 Å². The van der Waals surface area contributed by atoms with E-state index in [1.807, 2.05) is 7.05 Å². The molecule has 0 fully saturated rings. The molecule has 0 spiro atoms.